The Labute approximate surface area is 43.3 Å². The normalized spacial score (nSPS) is 9.43. The van der Waals surface area contributed by atoms with E-state index < -0.39 is 0 Å². The van der Waals surface area contributed by atoms with Gasteiger partial charge in [-0.1, -0.05) is 5.16 Å². The number of aromatic nitrogens is 2. The van der Waals surface area contributed by atoms with E-state index in [9.17, 15) is 0 Å². The fraction of sp³-hybridized carbons (Fsp3) is 0.333. The lowest BCUT2D eigenvalue weighted by atomic mass is 10.8. The van der Waals surface area contributed by atoms with Crippen molar-refractivity contribution in [3.8, 4) is 0 Å². The van der Waals surface area contributed by atoms with Crippen molar-refractivity contribution >= 4 is 14.9 Å². The third-order valence-corrected chi connectivity index (χ3v) is 0.778. The molecular weight excluding hydrogens is 111 g/mol. The average Bonchev–Trinajstić information content (AvgIpc) is 1.87. The van der Waals surface area contributed by atoms with Crippen LogP contribution in [0.1, 0.15) is 5.82 Å². The zero-order valence-electron chi connectivity index (χ0n) is 3.88. The van der Waals surface area contributed by atoms with Gasteiger partial charge in [0.05, 0.1) is 0 Å². The molecule has 0 radical (unpaired) electrons. The zero-order chi connectivity index (χ0) is 5.28. The number of aryl methyl sites for hydroxylation is 1. The third-order valence-electron chi connectivity index (χ3n) is 0.543. The summed E-state index contributed by atoms with van der Waals surface area (Å²) in [5.41, 5.74) is 0.539. The van der Waals surface area contributed by atoms with Crippen LogP contribution in [0, 0.1) is 6.92 Å². The number of rotatable bonds is 0. The van der Waals surface area contributed by atoms with Gasteiger partial charge in [0.25, 0.3) is 0 Å². The summed E-state index contributed by atoms with van der Waals surface area (Å²) >= 11 is 0. The first-order valence-electron chi connectivity index (χ1n) is 1.85. The van der Waals surface area contributed by atoms with Crippen molar-refractivity contribution in [3.63, 3.8) is 0 Å². The largest absolute Gasteiger partial charge is 0.335 e. The fourth-order valence-electron chi connectivity index (χ4n) is 0.313. The predicted molar refractivity (Wildman–Crippen MR) is 28.4 cm³/mol. The van der Waals surface area contributed by atoms with Crippen molar-refractivity contribution in [2.75, 3.05) is 0 Å². The molecular formula is C3H5N2OP. The first-order valence-corrected chi connectivity index (χ1v) is 2.42. The molecule has 3 nitrogen and oxygen atoms in total. The summed E-state index contributed by atoms with van der Waals surface area (Å²) in [5.74, 6) is 0.671. The summed E-state index contributed by atoms with van der Waals surface area (Å²) in [6.07, 6.45) is 0. The maximum absolute atomic E-state index is 4.57. The van der Waals surface area contributed by atoms with Crippen LogP contribution < -0.4 is 5.63 Å². The lowest BCUT2D eigenvalue weighted by Crippen LogP contribution is -1.86. The van der Waals surface area contributed by atoms with Crippen LogP contribution in [0.4, 0.5) is 0 Å². The Morgan fingerprint density at radius 1 is 1.71 bits per heavy atom. The number of hydrogen-bond donors (Lipinski definition) is 0. The highest BCUT2D eigenvalue weighted by Gasteiger charge is 1.90. The minimum absolute atomic E-state index is 0.539. The van der Waals surface area contributed by atoms with Gasteiger partial charge in [0.1, 0.15) is 0 Å². The Balaban J connectivity index is 3.04. The highest BCUT2D eigenvalue weighted by atomic mass is 31.0. The molecule has 1 unspecified atom stereocenters. The zero-order valence-corrected chi connectivity index (χ0v) is 5.03. The smallest absolute Gasteiger partial charge is 0.241 e. The van der Waals surface area contributed by atoms with E-state index >= 15 is 0 Å². The molecule has 0 aliphatic heterocycles. The standard InChI is InChI=1S/C3H5N2OP/c1-2-4-3(7)6-5-2/h7H2,1H3. The fourth-order valence-corrected chi connectivity index (χ4v) is 0.553. The molecule has 0 fully saturated rings. The van der Waals surface area contributed by atoms with Crippen molar-refractivity contribution in [2.45, 2.75) is 6.92 Å². The van der Waals surface area contributed by atoms with Crippen LogP contribution in [0.25, 0.3) is 0 Å². The molecule has 1 atom stereocenters. The molecule has 0 saturated carbocycles. The SMILES string of the molecule is Cc1noc(P)n1. The molecule has 0 amide bonds. The van der Waals surface area contributed by atoms with Crippen molar-refractivity contribution in [2.24, 2.45) is 0 Å². The van der Waals surface area contributed by atoms with Crippen molar-refractivity contribution in [1.29, 1.82) is 0 Å². The molecule has 0 saturated heterocycles. The molecule has 1 rings (SSSR count). The highest BCUT2D eigenvalue weighted by Crippen LogP contribution is 1.84. The van der Waals surface area contributed by atoms with Crippen LogP contribution in [-0.2, 0) is 0 Å². The van der Waals surface area contributed by atoms with Crippen molar-refractivity contribution in [1.82, 2.24) is 10.1 Å². The van der Waals surface area contributed by atoms with E-state index in [0.29, 0.717) is 11.5 Å². The van der Waals surface area contributed by atoms with Gasteiger partial charge < -0.3 is 4.52 Å². The second kappa shape index (κ2) is 1.58. The van der Waals surface area contributed by atoms with E-state index in [0.717, 1.165) is 0 Å². The molecule has 1 aromatic rings. The van der Waals surface area contributed by atoms with Crippen LogP contribution in [0.5, 0.6) is 0 Å². The maximum Gasteiger partial charge on any atom is 0.241 e. The molecule has 0 N–H and O–H groups in total. The number of hydrogen-bond acceptors (Lipinski definition) is 3. The summed E-state index contributed by atoms with van der Waals surface area (Å²) in [5, 5.41) is 3.51. The van der Waals surface area contributed by atoms with E-state index in [1.165, 1.54) is 0 Å². The van der Waals surface area contributed by atoms with Gasteiger partial charge in [0, 0.05) is 0 Å². The van der Waals surface area contributed by atoms with Crippen LogP contribution in [0.3, 0.4) is 0 Å². The second-order valence-corrected chi connectivity index (χ2v) is 1.67. The van der Waals surface area contributed by atoms with E-state index in [-0.39, 0.29) is 0 Å². The quantitative estimate of drug-likeness (QED) is 0.443. The molecule has 0 spiro atoms. The highest BCUT2D eigenvalue weighted by molar-refractivity contribution is 7.26. The summed E-state index contributed by atoms with van der Waals surface area (Å²) in [6.45, 7) is 1.77. The molecule has 7 heavy (non-hydrogen) atoms. The lowest BCUT2D eigenvalue weighted by Gasteiger charge is -1.64. The Kier molecular flexibility index (Phi) is 1.07. The average molecular weight is 116 g/mol. The van der Waals surface area contributed by atoms with Crippen molar-refractivity contribution in [3.05, 3.63) is 5.82 Å². The third kappa shape index (κ3) is 0.967. The van der Waals surface area contributed by atoms with E-state index in [1.807, 2.05) is 0 Å². The molecule has 1 heterocycles. The van der Waals surface area contributed by atoms with Gasteiger partial charge in [-0.3, -0.25) is 0 Å². The van der Waals surface area contributed by atoms with Gasteiger partial charge in [-0.15, -0.1) is 0 Å². The van der Waals surface area contributed by atoms with Crippen LogP contribution in [-0.4, -0.2) is 10.1 Å². The first-order chi connectivity index (χ1) is 3.29. The molecule has 0 aliphatic carbocycles. The minimum Gasteiger partial charge on any atom is -0.335 e. The predicted octanol–water partition coefficient (Wildman–Crippen LogP) is -0.122. The maximum atomic E-state index is 4.57. The van der Waals surface area contributed by atoms with Crippen LogP contribution in [0.15, 0.2) is 4.52 Å². The summed E-state index contributed by atoms with van der Waals surface area (Å²) in [7, 11) is 2.31. The lowest BCUT2D eigenvalue weighted by molar-refractivity contribution is 0.441. The van der Waals surface area contributed by atoms with Gasteiger partial charge in [-0.05, 0) is 16.2 Å². The van der Waals surface area contributed by atoms with Gasteiger partial charge in [-0.2, -0.15) is 4.98 Å². The Morgan fingerprint density at radius 3 is 2.57 bits per heavy atom. The van der Waals surface area contributed by atoms with Crippen LogP contribution >= 0.6 is 9.24 Å². The molecule has 1 aromatic heterocycles. The topological polar surface area (TPSA) is 38.9 Å². The van der Waals surface area contributed by atoms with E-state index in [4.69, 9.17) is 0 Å². The van der Waals surface area contributed by atoms with Gasteiger partial charge in [0.15, 0.2) is 5.82 Å². The first kappa shape index (κ1) is 4.72. The number of nitrogens with zero attached hydrogens (tertiary/aromatic N) is 2. The van der Waals surface area contributed by atoms with Gasteiger partial charge in [0.2, 0.25) is 5.63 Å². The minimum atomic E-state index is 0.539. The van der Waals surface area contributed by atoms with E-state index in [2.05, 4.69) is 23.9 Å². The molecule has 0 aromatic carbocycles. The summed E-state index contributed by atoms with van der Waals surface area (Å²) in [6, 6.07) is 0. The summed E-state index contributed by atoms with van der Waals surface area (Å²) in [4.78, 5) is 3.80. The molecule has 0 bridgehead atoms. The van der Waals surface area contributed by atoms with E-state index in [1.54, 1.807) is 6.92 Å². The van der Waals surface area contributed by atoms with Crippen LogP contribution in [0.2, 0.25) is 0 Å². The Morgan fingerprint density at radius 2 is 2.43 bits per heavy atom. The molecule has 38 valence electrons. The monoisotopic (exact) mass is 116 g/mol. The van der Waals surface area contributed by atoms with Crippen molar-refractivity contribution < 1.29 is 4.52 Å². The molecule has 0 aliphatic rings. The Hall–Kier alpha value is -0.430. The summed E-state index contributed by atoms with van der Waals surface area (Å²) < 4.78 is 4.57. The second-order valence-electron chi connectivity index (χ2n) is 1.18. The molecule has 4 heteroatoms. The Bertz CT molecular complexity index is 145. The van der Waals surface area contributed by atoms with Gasteiger partial charge in [-0.25, -0.2) is 0 Å². The van der Waals surface area contributed by atoms with Gasteiger partial charge >= 0.3 is 0 Å².